The van der Waals surface area contributed by atoms with Gasteiger partial charge in [0.2, 0.25) is 0 Å². The molecule has 214 valence electrons. The largest absolute Gasteiger partial charge is 0.514 e. The van der Waals surface area contributed by atoms with E-state index in [0.717, 1.165) is 0 Å². The van der Waals surface area contributed by atoms with Crippen LogP contribution in [-0.2, 0) is 23.8 Å². The number of aliphatic carboxylic acids is 1. The molecule has 0 radical (unpaired) electrons. The van der Waals surface area contributed by atoms with Crippen LogP contribution in [0.1, 0.15) is 92.6 Å². The summed E-state index contributed by atoms with van der Waals surface area (Å²) < 4.78 is 26.7. The van der Waals surface area contributed by atoms with Crippen molar-refractivity contribution in [1.82, 2.24) is 0 Å². The van der Waals surface area contributed by atoms with Crippen molar-refractivity contribution in [1.29, 1.82) is 0 Å². The molecule has 0 amide bonds. The van der Waals surface area contributed by atoms with E-state index in [1.807, 2.05) is 13.8 Å². The molecule has 2 unspecified atom stereocenters. The van der Waals surface area contributed by atoms with Crippen molar-refractivity contribution in [2.45, 2.75) is 110 Å². The fourth-order valence-corrected chi connectivity index (χ4v) is 3.11. The average Bonchev–Trinajstić information content (AvgIpc) is 2.82. The maximum atomic E-state index is 12.6. The van der Waals surface area contributed by atoms with Gasteiger partial charge in [0.15, 0.2) is 11.5 Å². The Labute approximate surface area is 223 Å². The fraction of sp³-hybridized carbons (Fsp3) is 0.630. The lowest BCUT2D eigenvalue weighted by Gasteiger charge is -2.26. The lowest BCUT2D eigenvalue weighted by molar-refractivity contribution is -0.148. The molecule has 0 aliphatic carbocycles. The van der Waals surface area contributed by atoms with E-state index < -0.39 is 53.5 Å². The number of esters is 1. The molecular formula is C27H41NO10. The summed E-state index contributed by atoms with van der Waals surface area (Å²) in [5.41, 5.74) is 4.71. The SMILES string of the molecule is CCC(=O)OC(C)CC(c1ccc(OC(=O)OC(C)(C)CC)c(OC(=O)OC(C)(C)CC)c1)[C@H](N)C(=O)O. The quantitative estimate of drug-likeness (QED) is 0.189. The highest BCUT2D eigenvalue weighted by Gasteiger charge is 2.31. The predicted molar refractivity (Wildman–Crippen MR) is 138 cm³/mol. The van der Waals surface area contributed by atoms with E-state index in [2.05, 4.69) is 0 Å². The second-order valence-electron chi connectivity index (χ2n) is 10.2. The highest BCUT2D eigenvalue weighted by molar-refractivity contribution is 5.75. The fourth-order valence-electron chi connectivity index (χ4n) is 3.11. The number of carbonyl (C=O) groups is 4. The minimum absolute atomic E-state index is 0.0683. The van der Waals surface area contributed by atoms with Gasteiger partial charge >= 0.3 is 24.2 Å². The molecule has 11 nitrogen and oxygen atoms in total. The number of rotatable bonds is 13. The number of carboxylic acid groups (broad SMARTS) is 1. The average molecular weight is 540 g/mol. The van der Waals surface area contributed by atoms with Crippen LogP contribution in [0, 0.1) is 0 Å². The third-order valence-electron chi connectivity index (χ3n) is 6.13. The Balaban J connectivity index is 3.44. The van der Waals surface area contributed by atoms with Crippen LogP contribution in [0.25, 0.3) is 0 Å². The first-order valence-corrected chi connectivity index (χ1v) is 12.7. The standard InChI is InChI=1S/C27H41NO10/c1-9-21(29)34-16(4)14-18(22(28)23(30)31)17-12-13-19(35-24(32)37-26(5,6)10-2)20(15-17)36-25(33)38-27(7,8)11-3/h12-13,15-16,18,22H,9-11,14,28H2,1-8H3,(H,30,31)/t16?,18?,22-/m0/s1. The molecule has 3 N–H and O–H groups in total. The van der Waals surface area contributed by atoms with Crippen LogP contribution in [0.5, 0.6) is 11.5 Å². The van der Waals surface area contributed by atoms with Gasteiger partial charge in [-0.05, 0) is 71.6 Å². The molecule has 0 aliphatic rings. The van der Waals surface area contributed by atoms with Crippen molar-refractivity contribution >= 4 is 24.2 Å². The van der Waals surface area contributed by atoms with E-state index in [-0.39, 0.29) is 24.3 Å². The van der Waals surface area contributed by atoms with E-state index in [9.17, 15) is 24.3 Å². The van der Waals surface area contributed by atoms with Gasteiger partial charge in [0, 0.05) is 12.3 Å². The molecule has 1 aromatic carbocycles. The third-order valence-corrected chi connectivity index (χ3v) is 6.13. The highest BCUT2D eigenvalue weighted by atomic mass is 16.8. The normalized spacial score (nSPS) is 14.0. The monoisotopic (exact) mass is 539 g/mol. The number of hydrogen-bond acceptors (Lipinski definition) is 10. The van der Waals surface area contributed by atoms with Crippen LogP contribution in [0.2, 0.25) is 0 Å². The Morgan fingerprint density at radius 2 is 1.39 bits per heavy atom. The topological polar surface area (TPSA) is 161 Å². The molecule has 0 saturated carbocycles. The van der Waals surface area contributed by atoms with Crippen molar-refractivity contribution in [2.24, 2.45) is 5.73 Å². The molecule has 0 aliphatic heterocycles. The Hall–Kier alpha value is -3.34. The van der Waals surface area contributed by atoms with E-state index in [1.165, 1.54) is 18.2 Å². The van der Waals surface area contributed by atoms with E-state index in [0.29, 0.717) is 18.4 Å². The van der Waals surface area contributed by atoms with Crippen LogP contribution in [0.15, 0.2) is 18.2 Å². The minimum atomic E-state index is -1.38. The van der Waals surface area contributed by atoms with Gasteiger partial charge in [0.1, 0.15) is 17.2 Å². The Morgan fingerprint density at radius 1 is 0.895 bits per heavy atom. The first kappa shape index (κ1) is 32.7. The van der Waals surface area contributed by atoms with Gasteiger partial charge in [0.05, 0.1) is 6.10 Å². The molecule has 38 heavy (non-hydrogen) atoms. The molecule has 0 fully saturated rings. The van der Waals surface area contributed by atoms with Crippen molar-refractivity contribution in [3.63, 3.8) is 0 Å². The molecule has 0 spiro atoms. The summed E-state index contributed by atoms with van der Waals surface area (Å²) in [4.78, 5) is 48.5. The first-order valence-electron chi connectivity index (χ1n) is 12.7. The molecule has 1 rings (SSSR count). The molecule has 11 heteroatoms. The van der Waals surface area contributed by atoms with Gasteiger partial charge in [0.25, 0.3) is 0 Å². The summed E-state index contributed by atoms with van der Waals surface area (Å²) in [6, 6.07) is 2.80. The maximum Gasteiger partial charge on any atom is 0.514 e. The Morgan fingerprint density at radius 3 is 1.84 bits per heavy atom. The van der Waals surface area contributed by atoms with Crippen LogP contribution < -0.4 is 15.2 Å². The lowest BCUT2D eigenvalue weighted by atomic mass is 9.87. The van der Waals surface area contributed by atoms with Crippen LogP contribution >= 0.6 is 0 Å². The number of benzene rings is 1. The zero-order valence-corrected chi connectivity index (χ0v) is 23.5. The van der Waals surface area contributed by atoms with Crippen molar-refractivity contribution in [3.8, 4) is 11.5 Å². The van der Waals surface area contributed by atoms with Crippen molar-refractivity contribution in [2.75, 3.05) is 0 Å². The molecular weight excluding hydrogens is 498 g/mol. The van der Waals surface area contributed by atoms with Gasteiger partial charge in [-0.1, -0.05) is 26.8 Å². The molecule has 0 heterocycles. The minimum Gasteiger partial charge on any atom is -0.480 e. The molecule has 1 aromatic rings. The summed E-state index contributed by atoms with van der Waals surface area (Å²) in [6.07, 6.45) is -1.46. The third kappa shape index (κ3) is 10.6. The zero-order chi connectivity index (χ0) is 29.3. The summed E-state index contributed by atoms with van der Waals surface area (Å²) >= 11 is 0. The van der Waals surface area contributed by atoms with Gasteiger partial charge in [-0.15, -0.1) is 0 Å². The van der Waals surface area contributed by atoms with Crippen LogP contribution in [-0.4, -0.2) is 52.7 Å². The van der Waals surface area contributed by atoms with Crippen molar-refractivity contribution < 1.29 is 48.0 Å². The van der Waals surface area contributed by atoms with Crippen LogP contribution in [0.4, 0.5) is 9.59 Å². The molecule has 0 aromatic heterocycles. The predicted octanol–water partition coefficient (Wildman–Crippen LogP) is 5.32. The molecule has 3 atom stereocenters. The summed E-state index contributed by atoms with van der Waals surface area (Å²) in [5, 5.41) is 9.61. The highest BCUT2D eigenvalue weighted by Crippen LogP contribution is 2.35. The van der Waals surface area contributed by atoms with E-state index in [1.54, 1.807) is 41.5 Å². The Kier molecular flexibility index (Phi) is 12.0. The second-order valence-corrected chi connectivity index (χ2v) is 10.2. The molecule has 0 saturated heterocycles. The van der Waals surface area contributed by atoms with Gasteiger partial charge in [-0.3, -0.25) is 9.59 Å². The first-order chi connectivity index (χ1) is 17.5. The maximum absolute atomic E-state index is 12.6. The Bertz CT molecular complexity index is 988. The van der Waals surface area contributed by atoms with Crippen molar-refractivity contribution in [3.05, 3.63) is 23.8 Å². The molecule has 0 bridgehead atoms. The summed E-state index contributed by atoms with van der Waals surface area (Å²) in [6.45, 7) is 13.8. The van der Waals surface area contributed by atoms with Gasteiger partial charge in [-0.25, -0.2) is 9.59 Å². The van der Waals surface area contributed by atoms with Crippen LogP contribution in [0.3, 0.4) is 0 Å². The number of hydrogen-bond donors (Lipinski definition) is 2. The van der Waals surface area contributed by atoms with Gasteiger partial charge < -0.3 is 34.5 Å². The number of carboxylic acids is 1. The number of nitrogens with two attached hydrogens (primary N) is 1. The summed E-state index contributed by atoms with van der Waals surface area (Å²) in [5.74, 6) is -2.92. The number of ether oxygens (including phenoxy) is 5. The lowest BCUT2D eigenvalue weighted by Crippen LogP contribution is -2.38. The summed E-state index contributed by atoms with van der Waals surface area (Å²) in [7, 11) is 0. The van der Waals surface area contributed by atoms with E-state index in [4.69, 9.17) is 29.4 Å². The van der Waals surface area contributed by atoms with E-state index >= 15 is 0 Å². The zero-order valence-electron chi connectivity index (χ0n) is 23.5. The second kappa shape index (κ2) is 14.0. The number of carbonyl (C=O) groups excluding carboxylic acids is 3. The van der Waals surface area contributed by atoms with Gasteiger partial charge in [-0.2, -0.15) is 0 Å². The smallest absolute Gasteiger partial charge is 0.480 e.